The fourth-order valence-corrected chi connectivity index (χ4v) is 10.0. The minimum Gasteiger partial charge on any atom is -0.506 e. The molecular weight excluding hydrogens is 1090 g/mol. The zero-order valence-electron chi connectivity index (χ0n) is 43.6. The van der Waals surface area contributed by atoms with Crippen LogP contribution in [-0.2, 0) is 18.9 Å². The fourth-order valence-electron chi connectivity index (χ4n) is 9.21. The number of ether oxygens (including phenoxy) is 6. The molecule has 18 nitrogen and oxygen atoms in total. The summed E-state index contributed by atoms with van der Waals surface area (Å²) in [4.78, 5) is 28.3. The van der Waals surface area contributed by atoms with Gasteiger partial charge in [0, 0.05) is 43.6 Å². The molecule has 408 valence electrons. The second-order valence-electron chi connectivity index (χ2n) is 21.2. The van der Waals surface area contributed by atoms with E-state index >= 15 is 0 Å². The molecule has 2 aromatic heterocycles. The first kappa shape index (κ1) is 56.7. The highest BCUT2D eigenvalue weighted by Gasteiger charge is 2.34. The Hall–Kier alpha value is -5.48. The van der Waals surface area contributed by atoms with Crippen LogP contribution in [0.1, 0.15) is 105 Å². The number of carbonyl (C=O) groups excluding carboxylic acids is 2. The van der Waals surface area contributed by atoms with E-state index in [1.165, 1.54) is 18.2 Å². The Morgan fingerprint density at radius 3 is 1.59 bits per heavy atom. The molecule has 0 aliphatic carbocycles. The Balaban J connectivity index is 0.000000171. The van der Waals surface area contributed by atoms with Gasteiger partial charge in [0.15, 0.2) is 12.5 Å². The minimum absolute atomic E-state index is 0.0301. The smallest absolute Gasteiger partial charge is 0.488 e. The Bertz CT molecular complexity index is 2990. The number of aromatic nitrogens is 4. The van der Waals surface area contributed by atoms with Gasteiger partial charge >= 0.3 is 19.3 Å². The van der Waals surface area contributed by atoms with Crippen molar-refractivity contribution < 1.29 is 58.3 Å². The SMILES string of the molecule is CC(C)(C)OC(=O)N1CC[C@H](Oc2cc(-c3ccc(O)c(Cl)c3)cc3c2cnn3C2CCCCO2)C1.CC(C)(C)OC(=O)N1CC[C@H](Oc2cc(Br)cc3c2cnn3C2CCCCO2)C1.OB(O)c1ccc(O)c(Cl)c1. The van der Waals surface area contributed by atoms with Crippen LogP contribution in [0.4, 0.5) is 9.59 Å². The number of phenolic OH excluding ortho intramolecular Hbond substituents is 2. The number of benzene rings is 4. The summed E-state index contributed by atoms with van der Waals surface area (Å²) in [5.74, 6) is 1.42. The molecule has 4 atom stereocenters. The van der Waals surface area contributed by atoms with Crippen molar-refractivity contribution in [2.45, 2.75) is 129 Å². The van der Waals surface area contributed by atoms with Gasteiger partial charge in [-0.15, -0.1) is 0 Å². The first-order valence-corrected chi connectivity index (χ1v) is 27.2. The van der Waals surface area contributed by atoms with Crippen LogP contribution < -0.4 is 14.9 Å². The van der Waals surface area contributed by atoms with Gasteiger partial charge in [-0.3, -0.25) is 0 Å². The maximum absolute atomic E-state index is 12.5. The van der Waals surface area contributed by atoms with E-state index in [0.29, 0.717) is 45.0 Å². The van der Waals surface area contributed by atoms with Crippen molar-refractivity contribution in [2.75, 3.05) is 39.4 Å². The van der Waals surface area contributed by atoms with E-state index in [9.17, 15) is 14.7 Å². The number of rotatable bonds is 8. The second kappa shape index (κ2) is 24.5. The highest BCUT2D eigenvalue weighted by Crippen LogP contribution is 2.39. The molecule has 2 amide bonds. The van der Waals surface area contributed by atoms with Crippen molar-refractivity contribution in [1.29, 1.82) is 0 Å². The van der Waals surface area contributed by atoms with E-state index in [1.807, 2.05) is 81.5 Å². The Morgan fingerprint density at radius 1 is 0.645 bits per heavy atom. The van der Waals surface area contributed by atoms with Gasteiger partial charge in [0.05, 0.1) is 57.3 Å². The van der Waals surface area contributed by atoms with E-state index in [2.05, 4.69) is 38.3 Å². The highest BCUT2D eigenvalue weighted by atomic mass is 79.9. The summed E-state index contributed by atoms with van der Waals surface area (Å²) in [5.41, 5.74) is 2.85. The molecule has 0 radical (unpaired) electrons. The standard InChI is InChI=1S/C27H32ClN3O5.C21H28BrN3O4.C6H6BClO3/c1-27(2,3)36-26(33)30-10-9-19(16-30)35-24-14-18(17-7-8-23(32)21(28)12-17)13-22-20(24)15-29-31(22)25-6-4-5-11-34-25;1-21(2,3)29-20(26)24-8-7-15(13-24)28-18-11-14(22)10-17-16(18)12-23-25(17)19-6-4-5-9-27-19;8-5-3-4(7(10)11)1-2-6(5)9/h7-8,12-15,19,25,32H,4-6,9-11,16H2,1-3H3;10-12,15,19H,4-9,13H2,1-3H3;1-3,9-11H/t19-,25?;15-,19?;/m00./s1. The average Bonchev–Trinajstić information content (AvgIpc) is 4.22. The number of nitrogens with zero attached hydrogens (tertiary/aromatic N) is 6. The van der Waals surface area contributed by atoms with Crippen LogP contribution in [0, 0.1) is 0 Å². The lowest BCUT2D eigenvalue weighted by Gasteiger charge is -2.24. The summed E-state index contributed by atoms with van der Waals surface area (Å²) < 4.78 is 40.5. The van der Waals surface area contributed by atoms with Crippen molar-refractivity contribution in [3.05, 3.63) is 87.6 Å². The van der Waals surface area contributed by atoms with Crippen LogP contribution in [-0.4, -0.2) is 132 Å². The number of fused-ring (bicyclic) bond motifs is 2. The number of phenols is 2. The largest absolute Gasteiger partial charge is 0.506 e. The van der Waals surface area contributed by atoms with Crippen LogP contribution in [0.15, 0.2) is 77.5 Å². The van der Waals surface area contributed by atoms with Gasteiger partial charge in [0.25, 0.3) is 0 Å². The Labute approximate surface area is 460 Å². The molecule has 0 spiro atoms. The van der Waals surface area contributed by atoms with E-state index in [1.54, 1.807) is 21.9 Å². The zero-order chi connectivity index (χ0) is 54.5. The second-order valence-corrected chi connectivity index (χ2v) is 23.0. The predicted octanol–water partition coefficient (Wildman–Crippen LogP) is 10.8. The maximum atomic E-state index is 12.5. The molecule has 4 aromatic carbocycles. The molecule has 4 saturated heterocycles. The van der Waals surface area contributed by atoms with Crippen molar-refractivity contribution in [3.63, 3.8) is 0 Å². The molecule has 6 aromatic rings. The van der Waals surface area contributed by atoms with Gasteiger partial charge in [0.1, 0.15) is 46.4 Å². The van der Waals surface area contributed by atoms with Crippen LogP contribution >= 0.6 is 39.1 Å². The third kappa shape index (κ3) is 14.6. The molecule has 0 bridgehead atoms. The molecule has 76 heavy (non-hydrogen) atoms. The summed E-state index contributed by atoms with van der Waals surface area (Å²) in [6.45, 7) is 14.9. The molecule has 4 aliphatic rings. The number of amides is 2. The zero-order valence-corrected chi connectivity index (χ0v) is 46.7. The average molecular weight is 1150 g/mol. The third-order valence-electron chi connectivity index (χ3n) is 12.9. The third-order valence-corrected chi connectivity index (χ3v) is 14.0. The molecule has 4 N–H and O–H groups in total. The van der Waals surface area contributed by atoms with Gasteiger partial charge in [0.2, 0.25) is 0 Å². The lowest BCUT2D eigenvalue weighted by molar-refractivity contribution is -0.0367. The molecule has 10 rings (SSSR count). The molecule has 4 aliphatic heterocycles. The predicted molar refractivity (Wildman–Crippen MR) is 294 cm³/mol. The van der Waals surface area contributed by atoms with Crippen LogP contribution in [0.25, 0.3) is 32.9 Å². The van der Waals surface area contributed by atoms with Gasteiger partial charge in [-0.1, -0.05) is 51.3 Å². The maximum Gasteiger partial charge on any atom is 0.488 e. The molecular formula is C54H66BBrCl2N6O12. The summed E-state index contributed by atoms with van der Waals surface area (Å²) >= 11 is 15.3. The molecule has 4 fully saturated rings. The monoisotopic (exact) mass is 1150 g/mol. The lowest BCUT2D eigenvalue weighted by atomic mass is 9.80. The van der Waals surface area contributed by atoms with Gasteiger partial charge < -0.3 is 58.5 Å². The lowest BCUT2D eigenvalue weighted by Crippen LogP contribution is -2.36. The molecule has 22 heteroatoms. The quantitative estimate of drug-likeness (QED) is 0.104. The normalized spacial score (nSPS) is 19.9. The summed E-state index contributed by atoms with van der Waals surface area (Å²) in [6.07, 6.45) is 10.4. The first-order chi connectivity index (χ1) is 36.1. The van der Waals surface area contributed by atoms with Gasteiger partial charge in [-0.2, -0.15) is 10.2 Å². The van der Waals surface area contributed by atoms with Crippen molar-refractivity contribution >= 4 is 85.7 Å². The molecule has 0 saturated carbocycles. The minimum atomic E-state index is -1.55. The number of aromatic hydroxyl groups is 2. The number of likely N-dealkylation sites (tertiary alicyclic amines) is 2. The number of halogens is 3. The van der Waals surface area contributed by atoms with Gasteiger partial charge in [-0.25, -0.2) is 19.0 Å². The first-order valence-electron chi connectivity index (χ1n) is 25.6. The van der Waals surface area contributed by atoms with Crippen molar-refractivity contribution in [3.8, 4) is 34.1 Å². The topological polar surface area (TPSA) is 213 Å². The van der Waals surface area contributed by atoms with Crippen LogP contribution in [0.5, 0.6) is 23.0 Å². The molecule has 6 heterocycles. The van der Waals surface area contributed by atoms with E-state index in [-0.39, 0.29) is 63.9 Å². The number of hydrogen-bond donors (Lipinski definition) is 4. The molecule has 2 unspecified atom stereocenters. The Morgan fingerprint density at radius 2 is 1.13 bits per heavy atom. The van der Waals surface area contributed by atoms with E-state index in [0.717, 1.165) is 94.7 Å². The summed E-state index contributed by atoms with van der Waals surface area (Å²) in [5, 5.41) is 47.6. The van der Waals surface area contributed by atoms with E-state index < -0.39 is 18.3 Å². The van der Waals surface area contributed by atoms with Crippen LogP contribution in [0.3, 0.4) is 0 Å². The summed E-state index contributed by atoms with van der Waals surface area (Å²) in [6, 6.07) is 17.2. The van der Waals surface area contributed by atoms with Crippen molar-refractivity contribution in [1.82, 2.24) is 29.4 Å². The van der Waals surface area contributed by atoms with E-state index in [4.69, 9.17) is 66.8 Å². The van der Waals surface area contributed by atoms with Crippen LogP contribution in [0.2, 0.25) is 10.0 Å². The number of carbonyl (C=O) groups is 2. The summed E-state index contributed by atoms with van der Waals surface area (Å²) in [7, 11) is -1.55. The fraction of sp³-hybridized carbons (Fsp3) is 0.481. The van der Waals surface area contributed by atoms with Gasteiger partial charge in [-0.05, 0) is 145 Å². The number of hydrogen-bond acceptors (Lipinski definition) is 14. The van der Waals surface area contributed by atoms with Crippen molar-refractivity contribution in [2.24, 2.45) is 0 Å². The Kier molecular flexibility index (Phi) is 18.3. The highest BCUT2D eigenvalue weighted by molar-refractivity contribution is 9.10.